The molecule has 1 rings (SSSR count). The predicted molar refractivity (Wildman–Crippen MR) is 110 cm³/mol. The van der Waals surface area contributed by atoms with Gasteiger partial charge in [-0.3, -0.25) is 0 Å². The minimum absolute atomic E-state index is 0.0933. The van der Waals surface area contributed by atoms with E-state index in [2.05, 4.69) is 32.1 Å². The van der Waals surface area contributed by atoms with Crippen molar-refractivity contribution in [3.8, 4) is 0 Å². The van der Waals surface area contributed by atoms with Crippen LogP contribution < -0.4 is 0 Å². The van der Waals surface area contributed by atoms with E-state index in [-0.39, 0.29) is 6.42 Å². The van der Waals surface area contributed by atoms with Crippen LogP contribution in [0.3, 0.4) is 0 Å². The Morgan fingerprint density at radius 1 is 1.00 bits per heavy atom. The van der Waals surface area contributed by atoms with Crippen molar-refractivity contribution in [2.24, 2.45) is 11.8 Å². The zero-order valence-electron chi connectivity index (χ0n) is 17.3. The van der Waals surface area contributed by atoms with Crippen LogP contribution in [0.2, 0.25) is 0 Å². The summed E-state index contributed by atoms with van der Waals surface area (Å²) in [5.74, 6) is -2.68. The molecule has 0 bridgehead atoms. The summed E-state index contributed by atoms with van der Waals surface area (Å²) >= 11 is 0. The van der Waals surface area contributed by atoms with Gasteiger partial charge in [-0.2, -0.15) is 0 Å². The lowest BCUT2D eigenvalue weighted by atomic mass is 9.90. The summed E-state index contributed by atoms with van der Waals surface area (Å²) in [6.07, 6.45) is 20.8. The second-order valence-electron chi connectivity index (χ2n) is 8.42. The zero-order chi connectivity index (χ0) is 20.1. The number of carboxylic acid groups (broad SMARTS) is 1. The second kappa shape index (κ2) is 13.1. The Bertz CT molecular complexity index is 475. The summed E-state index contributed by atoms with van der Waals surface area (Å²) in [6, 6.07) is 0. The van der Waals surface area contributed by atoms with E-state index in [0.717, 1.165) is 25.2 Å². The van der Waals surface area contributed by atoms with Crippen molar-refractivity contribution in [1.82, 2.24) is 0 Å². The molecule has 0 saturated heterocycles. The lowest BCUT2D eigenvalue weighted by molar-refractivity contribution is -0.205. The quantitative estimate of drug-likeness (QED) is 0.208. The van der Waals surface area contributed by atoms with Gasteiger partial charge in [-0.1, -0.05) is 49.5 Å². The number of carbonyl (C=O) groups is 1. The molecule has 27 heavy (non-hydrogen) atoms. The van der Waals surface area contributed by atoms with Crippen molar-refractivity contribution < 1.29 is 20.1 Å². The van der Waals surface area contributed by atoms with Crippen molar-refractivity contribution in [1.29, 1.82) is 0 Å². The highest BCUT2D eigenvalue weighted by Gasteiger charge is 2.32. The molecule has 1 saturated carbocycles. The molecule has 1 aliphatic carbocycles. The number of aliphatic carboxylic acids is 1. The van der Waals surface area contributed by atoms with Crippen LogP contribution in [0.25, 0.3) is 0 Å². The highest BCUT2D eigenvalue weighted by Crippen LogP contribution is 2.36. The molecule has 0 aromatic rings. The molecule has 4 heteroatoms. The van der Waals surface area contributed by atoms with Crippen LogP contribution >= 0.6 is 0 Å². The fourth-order valence-electron chi connectivity index (χ4n) is 3.98. The average molecular weight is 381 g/mol. The van der Waals surface area contributed by atoms with E-state index in [0.29, 0.717) is 12.3 Å². The molecule has 0 aliphatic heterocycles. The maximum Gasteiger partial charge on any atom is 0.364 e. The number of carboxylic acids is 1. The third-order valence-corrected chi connectivity index (χ3v) is 5.67. The van der Waals surface area contributed by atoms with Gasteiger partial charge in [0.2, 0.25) is 0 Å². The van der Waals surface area contributed by atoms with Gasteiger partial charge in [0.1, 0.15) is 0 Å². The number of aliphatic hydroxyl groups is 2. The van der Waals surface area contributed by atoms with Gasteiger partial charge in [-0.25, -0.2) is 4.79 Å². The van der Waals surface area contributed by atoms with E-state index in [4.69, 9.17) is 5.11 Å². The highest BCUT2D eigenvalue weighted by atomic mass is 16.5. The zero-order valence-corrected chi connectivity index (χ0v) is 17.3. The van der Waals surface area contributed by atoms with Crippen LogP contribution in [0.4, 0.5) is 0 Å². The van der Waals surface area contributed by atoms with Crippen molar-refractivity contribution in [3.63, 3.8) is 0 Å². The summed E-state index contributed by atoms with van der Waals surface area (Å²) in [4.78, 5) is 10.7. The Labute approximate surface area is 165 Å². The van der Waals surface area contributed by atoms with Gasteiger partial charge in [0.25, 0.3) is 5.79 Å². The van der Waals surface area contributed by atoms with Gasteiger partial charge in [0, 0.05) is 6.42 Å². The number of hydrogen-bond acceptors (Lipinski definition) is 3. The van der Waals surface area contributed by atoms with E-state index in [9.17, 15) is 15.0 Å². The number of rotatable bonds is 14. The Hall–Kier alpha value is -1.13. The molecule has 2 atom stereocenters. The topological polar surface area (TPSA) is 77.8 Å². The lowest BCUT2D eigenvalue weighted by Gasteiger charge is -2.18. The van der Waals surface area contributed by atoms with Gasteiger partial charge in [0.05, 0.1) is 0 Å². The Balaban J connectivity index is 2.13. The molecule has 0 radical (unpaired) electrons. The standard InChI is InChI=1S/C23H40O4/c1-19(2)13-8-5-3-4-6-9-14-20-16-12-17-21(20)15-10-7-11-18-23(26,27)22(24)25/h9,13-14,20-21,26-27H,3-8,10-12,15-18H2,1-2H3,(H,24,25)/b14-9+/t20-,21-/m0/s1. The number of hydrogen-bond donors (Lipinski definition) is 3. The van der Waals surface area contributed by atoms with E-state index in [1.54, 1.807) is 0 Å². The van der Waals surface area contributed by atoms with Crippen LogP contribution in [0, 0.1) is 11.8 Å². The number of unbranched alkanes of at least 4 members (excludes halogenated alkanes) is 6. The number of allylic oxidation sites excluding steroid dienone is 4. The molecule has 1 aliphatic rings. The Kier molecular flexibility index (Phi) is 11.6. The molecule has 0 spiro atoms. The van der Waals surface area contributed by atoms with Gasteiger partial charge in [-0.15, -0.1) is 0 Å². The van der Waals surface area contributed by atoms with E-state index >= 15 is 0 Å². The third-order valence-electron chi connectivity index (χ3n) is 5.67. The van der Waals surface area contributed by atoms with Crippen LogP contribution in [-0.4, -0.2) is 27.1 Å². The van der Waals surface area contributed by atoms with Crippen molar-refractivity contribution in [2.45, 2.75) is 103 Å². The smallest absolute Gasteiger partial charge is 0.364 e. The minimum Gasteiger partial charge on any atom is -0.477 e. The van der Waals surface area contributed by atoms with Gasteiger partial charge < -0.3 is 15.3 Å². The molecule has 156 valence electrons. The Morgan fingerprint density at radius 3 is 2.41 bits per heavy atom. The third kappa shape index (κ3) is 10.7. The first-order chi connectivity index (χ1) is 12.8. The molecule has 3 N–H and O–H groups in total. The molecule has 1 fully saturated rings. The van der Waals surface area contributed by atoms with Gasteiger partial charge in [-0.05, 0) is 77.0 Å². The van der Waals surface area contributed by atoms with Gasteiger partial charge in [0.15, 0.2) is 0 Å². The average Bonchev–Trinajstić information content (AvgIpc) is 3.03. The fourth-order valence-corrected chi connectivity index (χ4v) is 3.98. The SMILES string of the molecule is CC(C)=CCCCCC/C=C/[C@H]1CCC[C@@H]1CCCCCC(O)(O)C(=O)O. The predicted octanol–water partition coefficient (Wildman–Crippen LogP) is 5.59. The van der Waals surface area contributed by atoms with Crippen molar-refractivity contribution >= 4 is 5.97 Å². The molecule has 0 aromatic heterocycles. The monoisotopic (exact) mass is 380 g/mol. The summed E-state index contributed by atoms with van der Waals surface area (Å²) < 4.78 is 0. The van der Waals surface area contributed by atoms with Crippen LogP contribution in [0.15, 0.2) is 23.8 Å². The molecular formula is C23H40O4. The maximum absolute atomic E-state index is 10.7. The summed E-state index contributed by atoms with van der Waals surface area (Å²) in [6.45, 7) is 4.31. The lowest BCUT2D eigenvalue weighted by Crippen LogP contribution is -2.37. The van der Waals surface area contributed by atoms with Crippen molar-refractivity contribution in [3.05, 3.63) is 23.8 Å². The summed E-state index contributed by atoms with van der Waals surface area (Å²) in [5.41, 5.74) is 1.41. The van der Waals surface area contributed by atoms with E-state index in [1.807, 2.05) is 0 Å². The van der Waals surface area contributed by atoms with Crippen LogP contribution in [0.5, 0.6) is 0 Å². The summed E-state index contributed by atoms with van der Waals surface area (Å²) in [5, 5.41) is 27.3. The van der Waals surface area contributed by atoms with E-state index in [1.165, 1.54) is 56.9 Å². The normalized spacial score (nSPS) is 20.3. The largest absolute Gasteiger partial charge is 0.477 e. The molecule has 0 aromatic carbocycles. The molecule has 0 heterocycles. The highest BCUT2D eigenvalue weighted by molar-refractivity contribution is 5.74. The van der Waals surface area contributed by atoms with Crippen LogP contribution in [0.1, 0.15) is 97.3 Å². The maximum atomic E-state index is 10.7. The molecule has 0 amide bonds. The van der Waals surface area contributed by atoms with Gasteiger partial charge >= 0.3 is 5.97 Å². The first kappa shape index (κ1) is 23.9. The minimum atomic E-state index is -2.57. The van der Waals surface area contributed by atoms with E-state index < -0.39 is 11.8 Å². The molecular weight excluding hydrogens is 340 g/mol. The molecule has 0 unspecified atom stereocenters. The second-order valence-corrected chi connectivity index (χ2v) is 8.42. The molecule has 4 nitrogen and oxygen atoms in total. The first-order valence-corrected chi connectivity index (χ1v) is 10.8. The first-order valence-electron chi connectivity index (χ1n) is 10.8. The van der Waals surface area contributed by atoms with Crippen molar-refractivity contribution in [2.75, 3.05) is 0 Å². The fraction of sp³-hybridized carbons (Fsp3) is 0.783. The Morgan fingerprint density at radius 2 is 1.70 bits per heavy atom. The van der Waals surface area contributed by atoms with Crippen LogP contribution in [-0.2, 0) is 4.79 Å². The summed E-state index contributed by atoms with van der Waals surface area (Å²) in [7, 11) is 0.